The van der Waals surface area contributed by atoms with Gasteiger partial charge in [0.25, 0.3) is 0 Å². The van der Waals surface area contributed by atoms with E-state index < -0.39 is 0 Å². The average molecular weight is 267 g/mol. The second-order valence-corrected chi connectivity index (χ2v) is 5.77. The summed E-state index contributed by atoms with van der Waals surface area (Å²) in [7, 11) is 0. The Morgan fingerprint density at radius 2 is 1.70 bits per heavy atom. The van der Waals surface area contributed by atoms with Crippen molar-refractivity contribution in [2.45, 2.75) is 40.2 Å². The first kappa shape index (κ1) is 14.8. The fourth-order valence-corrected chi connectivity index (χ4v) is 2.72. The lowest BCUT2D eigenvalue weighted by Gasteiger charge is -2.17. The zero-order valence-corrected chi connectivity index (χ0v) is 13.0. The molecule has 2 aromatic rings. The second kappa shape index (κ2) is 6.71. The highest BCUT2D eigenvalue weighted by atomic mass is 14.9. The minimum atomic E-state index is 0.403. The highest BCUT2D eigenvalue weighted by Gasteiger charge is 2.07. The third kappa shape index (κ3) is 3.94. The van der Waals surface area contributed by atoms with Crippen molar-refractivity contribution in [3.63, 3.8) is 0 Å². The Hall–Kier alpha value is -1.60. The van der Waals surface area contributed by atoms with Crippen LogP contribution in [-0.4, -0.2) is 6.54 Å². The van der Waals surface area contributed by atoms with Gasteiger partial charge in [0.05, 0.1) is 0 Å². The molecule has 0 saturated carbocycles. The topological polar surface area (TPSA) is 12.0 Å². The Morgan fingerprint density at radius 3 is 2.40 bits per heavy atom. The molecule has 0 aliphatic heterocycles. The fourth-order valence-electron chi connectivity index (χ4n) is 2.72. The molecule has 0 fully saturated rings. The van der Waals surface area contributed by atoms with Crippen LogP contribution in [0.4, 0.5) is 0 Å². The van der Waals surface area contributed by atoms with Gasteiger partial charge >= 0.3 is 0 Å². The maximum absolute atomic E-state index is 3.63. The molecule has 1 atom stereocenters. The molecular weight excluding hydrogens is 242 g/mol. The van der Waals surface area contributed by atoms with Gasteiger partial charge in [0.15, 0.2) is 0 Å². The van der Waals surface area contributed by atoms with E-state index >= 15 is 0 Å². The van der Waals surface area contributed by atoms with E-state index in [0.29, 0.717) is 6.04 Å². The first-order valence-corrected chi connectivity index (χ1v) is 7.42. The molecule has 20 heavy (non-hydrogen) atoms. The molecular formula is C19H25N. The summed E-state index contributed by atoms with van der Waals surface area (Å²) in [4.78, 5) is 0. The molecule has 1 heteroatoms. The van der Waals surface area contributed by atoms with E-state index in [1.165, 1.54) is 27.8 Å². The van der Waals surface area contributed by atoms with Crippen LogP contribution in [0, 0.1) is 20.8 Å². The number of rotatable bonds is 5. The highest BCUT2D eigenvalue weighted by Crippen LogP contribution is 2.18. The van der Waals surface area contributed by atoms with Crippen LogP contribution in [0.2, 0.25) is 0 Å². The minimum Gasteiger partial charge on any atom is -0.310 e. The summed E-state index contributed by atoms with van der Waals surface area (Å²) in [6.07, 6.45) is 1.08. The number of hydrogen-bond donors (Lipinski definition) is 1. The molecule has 1 N–H and O–H groups in total. The van der Waals surface area contributed by atoms with Gasteiger partial charge < -0.3 is 5.32 Å². The van der Waals surface area contributed by atoms with E-state index in [9.17, 15) is 0 Å². The molecule has 0 amide bonds. The maximum atomic E-state index is 3.63. The lowest BCUT2D eigenvalue weighted by atomic mass is 10.00. The Kier molecular flexibility index (Phi) is 4.97. The number of benzene rings is 2. The van der Waals surface area contributed by atoms with Crippen molar-refractivity contribution in [2.75, 3.05) is 6.54 Å². The van der Waals surface area contributed by atoms with Gasteiger partial charge in [-0.25, -0.2) is 0 Å². The number of nitrogens with one attached hydrogen (secondary N) is 1. The summed E-state index contributed by atoms with van der Waals surface area (Å²) >= 11 is 0. The lowest BCUT2D eigenvalue weighted by Crippen LogP contribution is -2.22. The van der Waals surface area contributed by atoms with Gasteiger partial charge in [0.2, 0.25) is 0 Å². The van der Waals surface area contributed by atoms with Crippen molar-refractivity contribution in [1.82, 2.24) is 5.32 Å². The van der Waals surface area contributed by atoms with Crippen LogP contribution in [0.1, 0.15) is 40.8 Å². The van der Waals surface area contributed by atoms with Crippen molar-refractivity contribution in [3.8, 4) is 0 Å². The van der Waals surface area contributed by atoms with Crippen molar-refractivity contribution in [3.05, 3.63) is 70.3 Å². The van der Waals surface area contributed by atoms with Crippen LogP contribution in [-0.2, 0) is 6.42 Å². The van der Waals surface area contributed by atoms with Crippen LogP contribution in [0.25, 0.3) is 0 Å². The first-order valence-electron chi connectivity index (χ1n) is 7.42. The minimum absolute atomic E-state index is 0.403. The molecule has 0 saturated heterocycles. The number of aryl methyl sites for hydroxylation is 3. The largest absolute Gasteiger partial charge is 0.310 e. The van der Waals surface area contributed by atoms with Gasteiger partial charge in [0, 0.05) is 6.04 Å². The Labute approximate surface area is 123 Å². The second-order valence-electron chi connectivity index (χ2n) is 5.77. The van der Waals surface area contributed by atoms with Gasteiger partial charge in [-0.15, -0.1) is 0 Å². The van der Waals surface area contributed by atoms with Crippen molar-refractivity contribution in [2.24, 2.45) is 0 Å². The van der Waals surface area contributed by atoms with E-state index in [1.54, 1.807) is 0 Å². The summed E-state index contributed by atoms with van der Waals surface area (Å²) in [5, 5.41) is 3.63. The number of hydrogen-bond acceptors (Lipinski definition) is 1. The predicted molar refractivity (Wildman–Crippen MR) is 87.2 cm³/mol. The van der Waals surface area contributed by atoms with Gasteiger partial charge in [-0.2, -0.15) is 0 Å². The fraction of sp³-hybridized carbons (Fsp3) is 0.368. The first-order chi connectivity index (χ1) is 9.56. The highest BCUT2D eigenvalue weighted by molar-refractivity contribution is 5.32. The molecule has 0 heterocycles. The predicted octanol–water partition coefficient (Wildman–Crippen LogP) is 4.51. The molecule has 0 spiro atoms. The summed E-state index contributed by atoms with van der Waals surface area (Å²) < 4.78 is 0. The third-order valence-corrected chi connectivity index (χ3v) is 3.84. The molecule has 106 valence electrons. The smallest absolute Gasteiger partial charge is 0.0294 e. The molecule has 1 unspecified atom stereocenters. The van der Waals surface area contributed by atoms with Crippen molar-refractivity contribution < 1.29 is 0 Å². The van der Waals surface area contributed by atoms with Crippen LogP contribution in [0.3, 0.4) is 0 Å². The Morgan fingerprint density at radius 1 is 0.950 bits per heavy atom. The van der Waals surface area contributed by atoms with Gasteiger partial charge in [-0.1, -0.05) is 53.6 Å². The molecule has 0 radical (unpaired) electrons. The quantitative estimate of drug-likeness (QED) is 0.840. The molecule has 2 aromatic carbocycles. The van der Waals surface area contributed by atoms with Gasteiger partial charge in [-0.05, 0) is 57.4 Å². The molecule has 0 aromatic heterocycles. The van der Waals surface area contributed by atoms with Gasteiger partial charge in [-0.3, -0.25) is 0 Å². The summed E-state index contributed by atoms with van der Waals surface area (Å²) in [5.74, 6) is 0. The van der Waals surface area contributed by atoms with Crippen LogP contribution < -0.4 is 5.32 Å². The molecule has 2 rings (SSSR count). The van der Waals surface area contributed by atoms with Crippen LogP contribution in [0.5, 0.6) is 0 Å². The van der Waals surface area contributed by atoms with Crippen LogP contribution >= 0.6 is 0 Å². The maximum Gasteiger partial charge on any atom is 0.0294 e. The summed E-state index contributed by atoms with van der Waals surface area (Å²) in [6.45, 7) is 9.74. The zero-order chi connectivity index (χ0) is 14.5. The Balaban J connectivity index is 1.90. The lowest BCUT2D eigenvalue weighted by molar-refractivity contribution is 0.574. The normalized spacial score (nSPS) is 12.4. The molecule has 0 aliphatic rings. The van der Waals surface area contributed by atoms with Crippen molar-refractivity contribution in [1.29, 1.82) is 0 Å². The zero-order valence-electron chi connectivity index (χ0n) is 13.0. The SMILES string of the molecule is Cc1cccc(CCNC(C)c2ccc(C)cc2C)c1. The summed E-state index contributed by atoms with van der Waals surface area (Å²) in [6, 6.07) is 15.9. The molecule has 1 nitrogen and oxygen atoms in total. The monoisotopic (exact) mass is 267 g/mol. The Bertz CT molecular complexity index is 572. The van der Waals surface area contributed by atoms with E-state index in [4.69, 9.17) is 0 Å². The van der Waals surface area contributed by atoms with E-state index in [2.05, 4.69) is 75.5 Å². The molecule has 0 bridgehead atoms. The van der Waals surface area contributed by atoms with E-state index in [-0.39, 0.29) is 0 Å². The average Bonchev–Trinajstić information content (AvgIpc) is 2.38. The standard InChI is InChI=1S/C19H25N/c1-14-6-5-7-18(13-14)10-11-20-17(4)19-9-8-15(2)12-16(19)3/h5-9,12-13,17,20H,10-11H2,1-4H3. The van der Waals surface area contributed by atoms with Gasteiger partial charge in [0.1, 0.15) is 0 Å². The van der Waals surface area contributed by atoms with Crippen LogP contribution in [0.15, 0.2) is 42.5 Å². The van der Waals surface area contributed by atoms with Crippen molar-refractivity contribution >= 4 is 0 Å². The third-order valence-electron chi connectivity index (χ3n) is 3.84. The summed E-state index contributed by atoms with van der Waals surface area (Å²) in [5.41, 5.74) is 6.86. The molecule has 0 aliphatic carbocycles. The van der Waals surface area contributed by atoms with E-state index in [1.807, 2.05) is 0 Å². The van der Waals surface area contributed by atoms with E-state index in [0.717, 1.165) is 13.0 Å².